The van der Waals surface area contributed by atoms with Gasteiger partial charge in [0.15, 0.2) is 0 Å². The van der Waals surface area contributed by atoms with Crippen molar-refractivity contribution in [3.63, 3.8) is 0 Å². The van der Waals surface area contributed by atoms with Gasteiger partial charge in [-0.05, 0) is 37.0 Å². The molecule has 1 aliphatic rings. The zero-order valence-electron chi connectivity index (χ0n) is 10.2. The number of carbonyl (C=O) groups excluding carboxylic acids is 1. The van der Waals surface area contributed by atoms with Crippen LogP contribution in [0.4, 0.5) is 0 Å². The molecular weight excluding hydrogens is 360 g/mol. The van der Waals surface area contributed by atoms with Gasteiger partial charge in [-0.25, -0.2) is 0 Å². The first-order chi connectivity index (χ1) is 8.52. The van der Waals surface area contributed by atoms with Crippen molar-refractivity contribution in [2.45, 2.75) is 18.9 Å². The Hall–Kier alpha value is -0.390. The van der Waals surface area contributed by atoms with Crippen LogP contribution in [0.1, 0.15) is 23.2 Å². The number of hydrogen-bond acceptors (Lipinski definition) is 2. The van der Waals surface area contributed by atoms with E-state index in [2.05, 4.69) is 31.9 Å². The van der Waals surface area contributed by atoms with E-state index in [4.69, 9.17) is 5.73 Å². The Bertz CT molecular complexity index is 440. The number of nitrogens with zero attached hydrogens (tertiary/aromatic N) is 1. The summed E-state index contributed by atoms with van der Waals surface area (Å²) in [5, 5.41) is 0. The van der Waals surface area contributed by atoms with Crippen molar-refractivity contribution in [1.29, 1.82) is 0 Å². The van der Waals surface area contributed by atoms with Gasteiger partial charge in [0.25, 0.3) is 5.91 Å². The fourth-order valence-electron chi connectivity index (χ4n) is 2.18. The molecule has 3 nitrogen and oxygen atoms in total. The minimum absolute atomic E-state index is 0.0272. The first kappa shape index (κ1) is 14.0. The Balaban J connectivity index is 2.18. The van der Waals surface area contributed by atoms with Crippen LogP contribution < -0.4 is 5.73 Å². The molecule has 1 atom stereocenters. The molecule has 0 bridgehead atoms. The molecule has 0 heterocycles. The van der Waals surface area contributed by atoms with E-state index in [9.17, 15) is 4.79 Å². The summed E-state index contributed by atoms with van der Waals surface area (Å²) in [4.78, 5) is 14.2. The monoisotopic (exact) mass is 374 g/mol. The highest BCUT2D eigenvalue weighted by Crippen LogP contribution is 2.35. The summed E-state index contributed by atoms with van der Waals surface area (Å²) in [5.41, 5.74) is 6.46. The molecule has 0 aromatic heterocycles. The van der Waals surface area contributed by atoms with Gasteiger partial charge in [-0.15, -0.1) is 0 Å². The van der Waals surface area contributed by atoms with Crippen LogP contribution >= 0.6 is 31.9 Å². The predicted octanol–water partition coefficient (Wildman–Crippen LogP) is 3.02. The predicted molar refractivity (Wildman–Crippen MR) is 79.5 cm³/mol. The van der Waals surface area contributed by atoms with E-state index < -0.39 is 0 Å². The molecule has 0 aliphatic heterocycles. The molecule has 2 rings (SSSR count). The molecule has 1 amide bonds. The Morgan fingerprint density at radius 2 is 1.94 bits per heavy atom. The molecule has 1 unspecified atom stereocenters. The zero-order chi connectivity index (χ0) is 13.3. The van der Waals surface area contributed by atoms with Gasteiger partial charge in [-0.2, -0.15) is 0 Å². The second-order valence-electron chi connectivity index (χ2n) is 4.71. The van der Waals surface area contributed by atoms with Crippen molar-refractivity contribution in [3.05, 3.63) is 32.7 Å². The van der Waals surface area contributed by atoms with Gasteiger partial charge >= 0.3 is 0 Å². The molecule has 5 heteroatoms. The summed E-state index contributed by atoms with van der Waals surface area (Å²) in [6.07, 6.45) is 2.36. The Kier molecular flexibility index (Phi) is 4.45. The smallest absolute Gasteiger partial charge is 0.253 e. The van der Waals surface area contributed by atoms with Crippen molar-refractivity contribution in [1.82, 2.24) is 4.90 Å². The third-order valence-corrected chi connectivity index (χ3v) is 4.25. The van der Waals surface area contributed by atoms with Crippen molar-refractivity contribution in [2.24, 2.45) is 11.7 Å². The number of hydrogen-bond donors (Lipinski definition) is 1. The Morgan fingerprint density at radius 3 is 2.39 bits per heavy atom. The van der Waals surface area contributed by atoms with Crippen LogP contribution in [0.3, 0.4) is 0 Å². The summed E-state index contributed by atoms with van der Waals surface area (Å²) in [5.74, 6) is 0.610. The first-order valence-electron chi connectivity index (χ1n) is 5.96. The second kappa shape index (κ2) is 5.72. The van der Waals surface area contributed by atoms with Crippen molar-refractivity contribution < 1.29 is 4.79 Å². The molecular formula is C13H16Br2N2O. The number of nitrogens with two attached hydrogens (primary N) is 1. The summed E-state index contributed by atoms with van der Waals surface area (Å²) >= 11 is 6.80. The summed E-state index contributed by atoms with van der Waals surface area (Å²) in [6, 6.07) is 5.75. The van der Waals surface area contributed by atoms with Gasteiger partial charge < -0.3 is 10.6 Å². The minimum Gasteiger partial charge on any atom is -0.337 e. The zero-order valence-corrected chi connectivity index (χ0v) is 13.4. The van der Waals surface area contributed by atoms with Crippen LogP contribution in [-0.4, -0.2) is 30.4 Å². The fraction of sp³-hybridized carbons (Fsp3) is 0.462. The van der Waals surface area contributed by atoms with Gasteiger partial charge in [0.05, 0.1) is 0 Å². The van der Waals surface area contributed by atoms with Gasteiger partial charge in [0.1, 0.15) is 0 Å². The second-order valence-corrected chi connectivity index (χ2v) is 6.55. The number of rotatable bonds is 4. The standard InChI is InChI=1S/C13H16Br2N2O/c1-17(12(7-16)8-2-3-8)13(18)9-4-10(14)6-11(15)5-9/h4-6,8,12H,2-3,7,16H2,1H3. The SMILES string of the molecule is CN(C(=O)c1cc(Br)cc(Br)c1)C(CN)C1CC1. The number of halogens is 2. The third-order valence-electron chi connectivity index (χ3n) is 3.33. The number of amides is 1. The normalized spacial score (nSPS) is 16.4. The van der Waals surface area contributed by atoms with Gasteiger partial charge in [0.2, 0.25) is 0 Å². The molecule has 1 aromatic carbocycles. The van der Waals surface area contributed by atoms with E-state index in [1.165, 1.54) is 12.8 Å². The molecule has 2 N–H and O–H groups in total. The fourth-order valence-corrected chi connectivity index (χ4v) is 3.47. The van der Waals surface area contributed by atoms with Crippen molar-refractivity contribution in [2.75, 3.05) is 13.6 Å². The van der Waals surface area contributed by atoms with E-state index in [1.54, 1.807) is 4.90 Å². The van der Waals surface area contributed by atoms with E-state index in [0.717, 1.165) is 8.95 Å². The van der Waals surface area contributed by atoms with Gasteiger partial charge in [-0.3, -0.25) is 4.79 Å². The van der Waals surface area contributed by atoms with Crippen LogP contribution in [0.25, 0.3) is 0 Å². The largest absolute Gasteiger partial charge is 0.337 e. The molecule has 1 saturated carbocycles. The molecule has 0 spiro atoms. The van der Waals surface area contributed by atoms with E-state index in [-0.39, 0.29) is 11.9 Å². The third kappa shape index (κ3) is 3.13. The average molecular weight is 376 g/mol. The number of carbonyl (C=O) groups is 1. The molecule has 0 saturated heterocycles. The van der Waals surface area contributed by atoms with Crippen molar-refractivity contribution >= 4 is 37.8 Å². The van der Waals surface area contributed by atoms with E-state index >= 15 is 0 Å². The van der Waals surface area contributed by atoms with Crippen LogP contribution in [0.15, 0.2) is 27.1 Å². The van der Waals surface area contributed by atoms with Crippen LogP contribution in [0, 0.1) is 5.92 Å². The maximum Gasteiger partial charge on any atom is 0.253 e. The lowest BCUT2D eigenvalue weighted by atomic mass is 10.1. The number of benzene rings is 1. The topological polar surface area (TPSA) is 46.3 Å². The maximum atomic E-state index is 12.4. The summed E-state index contributed by atoms with van der Waals surface area (Å²) in [7, 11) is 1.84. The highest BCUT2D eigenvalue weighted by molar-refractivity contribution is 9.11. The van der Waals surface area contributed by atoms with E-state index in [0.29, 0.717) is 18.0 Å². The first-order valence-corrected chi connectivity index (χ1v) is 7.55. The van der Waals surface area contributed by atoms with Crippen LogP contribution in [-0.2, 0) is 0 Å². The minimum atomic E-state index is 0.0272. The highest BCUT2D eigenvalue weighted by atomic mass is 79.9. The van der Waals surface area contributed by atoms with Crippen LogP contribution in [0.2, 0.25) is 0 Å². The molecule has 1 fully saturated rings. The molecule has 1 aromatic rings. The molecule has 0 radical (unpaired) electrons. The molecule has 98 valence electrons. The highest BCUT2D eigenvalue weighted by Gasteiger charge is 2.35. The van der Waals surface area contributed by atoms with Crippen LogP contribution in [0.5, 0.6) is 0 Å². The lowest BCUT2D eigenvalue weighted by Gasteiger charge is -2.27. The molecule has 18 heavy (non-hydrogen) atoms. The lowest BCUT2D eigenvalue weighted by molar-refractivity contribution is 0.0718. The van der Waals surface area contributed by atoms with E-state index in [1.807, 2.05) is 25.2 Å². The Labute approximate surface area is 124 Å². The van der Waals surface area contributed by atoms with Gasteiger partial charge in [-0.1, -0.05) is 31.9 Å². The van der Waals surface area contributed by atoms with Gasteiger partial charge in [0, 0.05) is 34.1 Å². The maximum absolute atomic E-state index is 12.4. The lowest BCUT2D eigenvalue weighted by Crippen LogP contribution is -2.43. The summed E-state index contributed by atoms with van der Waals surface area (Å²) < 4.78 is 1.79. The Morgan fingerprint density at radius 1 is 1.39 bits per heavy atom. The number of likely N-dealkylation sites (N-methyl/N-ethyl adjacent to an activating group) is 1. The van der Waals surface area contributed by atoms with Crippen molar-refractivity contribution in [3.8, 4) is 0 Å². The quantitative estimate of drug-likeness (QED) is 0.879. The summed E-state index contributed by atoms with van der Waals surface area (Å²) in [6.45, 7) is 0.530. The molecule has 1 aliphatic carbocycles. The average Bonchev–Trinajstić information content (AvgIpc) is 3.12.